The quantitative estimate of drug-likeness (QED) is 0.812. The van der Waals surface area contributed by atoms with Gasteiger partial charge in [-0.15, -0.1) is 0 Å². The molecule has 1 saturated heterocycles. The lowest BCUT2D eigenvalue weighted by molar-refractivity contribution is -0.155. The smallest absolute Gasteiger partial charge is 0.312 e. The van der Waals surface area contributed by atoms with Crippen LogP contribution in [0.25, 0.3) is 0 Å². The van der Waals surface area contributed by atoms with Crippen molar-refractivity contribution in [2.45, 2.75) is 6.10 Å². The number of likely N-dealkylation sites (N-methyl/N-ethyl adjacent to an activating group) is 1. The number of benzene rings is 1. The van der Waals surface area contributed by atoms with E-state index in [9.17, 15) is 23.5 Å². The van der Waals surface area contributed by atoms with Crippen LogP contribution in [0.2, 0.25) is 0 Å². The van der Waals surface area contributed by atoms with E-state index in [0.29, 0.717) is 6.54 Å². The van der Waals surface area contributed by atoms with Crippen molar-refractivity contribution in [3.8, 4) is 0 Å². The molecule has 0 bridgehead atoms. The molecule has 2 rings (SSSR count). The standard InChI is InChI=1S/C13H14F2N2O3/c1-16-5-6-17(13(20)12(16)19)7-10(18)8-3-2-4-9(14)11(8)15/h2-4,10,18H,5-7H2,1H3. The minimum absolute atomic E-state index is 0.232. The van der Waals surface area contributed by atoms with Crippen LogP contribution >= 0.6 is 0 Å². The predicted molar refractivity (Wildman–Crippen MR) is 65.5 cm³/mol. The maximum atomic E-state index is 13.5. The van der Waals surface area contributed by atoms with Gasteiger partial charge < -0.3 is 14.9 Å². The number of aliphatic hydroxyl groups is 1. The Hall–Kier alpha value is -2.02. The molecule has 1 unspecified atom stereocenters. The van der Waals surface area contributed by atoms with Gasteiger partial charge in [-0.25, -0.2) is 8.78 Å². The van der Waals surface area contributed by atoms with Gasteiger partial charge in [-0.1, -0.05) is 12.1 Å². The van der Waals surface area contributed by atoms with E-state index in [4.69, 9.17) is 0 Å². The summed E-state index contributed by atoms with van der Waals surface area (Å²) in [6.07, 6.45) is -1.38. The summed E-state index contributed by atoms with van der Waals surface area (Å²) in [5, 5.41) is 9.92. The van der Waals surface area contributed by atoms with Crippen LogP contribution in [0.5, 0.6) is 0 Å². The first kappa shape index (κ1) is 14.4. The summed E-state index contributed by atoms with van der Waals surface area (Å²) >= 11 is 0. The Morgan fingerprint density at radius 1 is 1.25 bits per heavy atom. The van der Waals surface area contributed by atoms with Crippen LogP contribution in [0.4, 0.5) is 8.78 Å². The highest BCUT2D eigenvalue weighted by Crippen LogP contribution is 2.21. The van der Waals surface area contributed by atoms with Crippen LogP contribution < -0.4 is 0 Å². The maximum Gasteiger partial charge on any atom is 0.312 e. The Morgan fingerprint density at radius 3 is 2.65 bits per heavy atom. The average molecular weight is 284 g/mol. The molecule has 1 aromatic rings. The number of rotatable bonds is 3. The minimum atomic E-state index is -1.38. The third-order valence-electron chi connectivity index (χ3n) is 3.26. The number of hydrogen-bond acceptors (Lipinski definition) is 3. The van der Waals surface area contributed by atoms with Gasteiger partial charge in [0, 0.05) is 25.7 Å². The highest BCUT2D eigenvalue weighted by atomic mass is 19.2. The van der Waals surface area contributed by atoms with Crippen molar-refractivity contribution in [1.82, 2.24) is 9.80 Å². The monoisotopic (exact) mass is 284 g/mol. The highest BCUT2D eigenvalue weighted by molar-refractivity contribution is 6.35. The Morgan fingerprint density at radius 2 is 1.95 bits per heavy atom. The number of hydrogen-bond donors (Lipinski definition) is 1. The van der Waals surface area contributed by atoms with Gasteiger partial charge in [-0.2, -0.15) is 0 Å². The SMILES string of the molecule is CN1CCN(CC(O)c2cccc(F)c2F)C(=O)C1=O. The zero-order valence-electron chi connectivity index (χ0n) is 10.8. The summed E-state index contributed by atoms with van der Waals surface area (Å²) in [6.45, 7) is 0.330. The zero-order valence-corrected chi connectivity index (χ0v) is 10.8. The van der Waals surface area contributed by atoms with Crippen molar-refractivity contribution in [3.05, 3.63) is 35.4 Å². The van der Waals surface area contributed by atoms with Crippen molar-refractivity contribution in [3.63, 3.8) is 0 Å². The maximum absolute atomic E-state index is 13.5. The number of amides is 2. The fraction of sp³-hybridized carbons (Fsp3) is 0.385. The number of carbonyl (C=O) groups excluding carboxylic acids is 2. The number of piperazine rings is 1. The fourth-order valence-electron chi connectivity index (χ4n) is 2.03. The van der Waals surface area contributed by atoms with E-state index in [1.54, 1.807) is 0 Å². The summed E-state index contributed by atoms with van der Waals surface area (Å²) in [6, 6.07) is 3.45. The van der Waals surface area contributed by atoms with Crippen LogP contribution in [0.1, 0.15) is 11.7 Å². The number of β-amino-alcohol motifs (C(OH)–C–C–N with tert-alkyl or cyclic N) is 1. The van der Waals surface area contributed by atoms with E-state index in [2.05, 4.69) is 0 Å². The summed E-state index contributed by atoms with van der Waals surface area (Å²) in [5.74, 6) is -3.65. The zero-order chi connectivity index (χ0) is 14.9. The lowest BCUT2D eigenvalue weighted by Crippen LogP contribution is -2.53. The predicted octanol–water partition coefficient (Wildman–Crippen LogP) is 0.299. The Balaban J connectivity index is 2.12. The molecule has 0 spiro atoms. The summed E-state index contributed by atoms with van der Waals surface area (Å²) in [5.41, 5.74) is -0.232. The number of halogens is 2. The molecule has 108 valence electrons. The number of nitrogens with zero attached hydrogens (tertiary/aromatic N) is 2. The molecular weight excluding hydrogens is 270 g/mol. The van der Waals surface area contributed by atoms with Crippen molar-refractivity contribution in [2.24, 2.45) is 0 Å². The second-order valence-electron chi connectivity index (χ2n) is 4.64. The van der Waals surface area contributed by atoms with Gasteiger partial charge in [0.1, 0.15) is 0 Å². The highest BCUT2D eigenvalue weighted by Gasteiger charge is 2.32. The first-order chi connectivity index (χ1) is 9.41. The van der Waals surface area contributed by atoms with Gasteiger partial charge in [-0.3, -0.25) is 9.59 Å². The van der Waals surface area contributed by atoms with Crippen LogP contribution in [-0.2, 0) is 9.59 Å². The lowest BCUT2D eigenvalue weighted by Gasteiger charge is -2.32. The van der Waals surface area contributed by atoms with Crippen LogP contribution in [-0.4, -0.2) is 53.4 Å². The molecule has 0 aromatic heterocycles. The first-order valence-electron chi connectivity index (χ1n) is 6.08. The molecular formula is C13H14F2N2O3. The topological polar surface area (TPSA) is 60.9 Å². The molecule has 1 aromatic carbocycles. The van der Waals surface area contributed by atoms with Crippen molar-refractivity contribution >= 4 is 11.8 Å². The second-order valence-corrected chi connectivity index (χ2v) is 4.64. The van der Waals surface area contributed by atoms with Gasteiger partial charge in [-0.05, 0) is 6.07 Å². The molecule has 0 aliphatic carbocycles. The molecule has 5 nitrogen and oxygen atoms in total. The second kappa shape index (κ2) is 5.54. The van der Waals surface area contributed by atoms with Gasteiger partial charge in [0.15, 0.2) is 11.6 Å². The molecule has 20 heavy (non-hydrogen) atoms. The lowest BCUT2D eigenvalue weighted by atomic mass is 10.1. The van der Waals surface area contributed by atoms with Gasteiger partial charge in [0.05, 0.1) is 12.6 Å². The molecule has 2 amide bonds. The molecule has 1 N–H and O–H groups in total. The molecule has 1 fully saturated rings. The average Bonchev–Trinajstić information content (AvgIpc) is 2.42. The fourth-order valence-corrected chi connectivity index (χ4v) is 2.03. The summed E-state index contributed by atoms with van der Waals surface area (Å²) < 4.78 is 26.6. The Labute approximate surface area is 114 Å². The molecule has 7 heteroatoms. The van der Waals surface area contributed by atoms with E-state index in [-0.39, 0.29) is 18.7 Å². The van der Waals surface area contributed by atoms with Crippen LogP contribution in [0, 0.1) is 11.6 Å². The van der Waals surface area contributed by atoms with Gasteiger partial charge >= 0.3 is 11.8 Å². The molecule has 1 aliphatic heterocycles. The summed E-state index contributed by atoms with van der Waals surface area (Å²) in [7, 11) is 1.50. The molecule has 1 atom stereocenters. The van der Waals surface area contributed by atoms with Crippen molar-refractivity contribution in [2.75, 3.05) is 26.7 Å². The molecule has 1 aliphatic rings. The number of carbonyl (C=O) groups is 2. The normalized spacial score (nSPS) is 17.6. The third kappa shape index (κ3) is 2.62. The molecule has 0 radical (unpaired) electrons. The molecule has 0 saturated carbocycles. The molecule has 1 heterocycles. The van der Waals surface area contributed by atoms with E-state index in [0.717, 1.165) is 11.0 Å². The van der Waals surface area contributed by atoms with Crippen molar-refractivity contribution < 1.29 is 23.5 Å². The van der Waals surface area contributed by atoms with E-state index < -0.39 is 29.6 Å². The largest absolute Gasteiger partial charge is 0.386 e. The van der Waals surface area contributed by atoms with E-state index in [1.165, 1.54) is 24.1 Å². The van der Waals surface area contributed by atoms with Crippen molar-refractivity contribution in [1.29, 1.82) is 0 Å². The third-order valence-corrected chi connectivity index (χ3v) is 3.26. The Kier molecular flexibility index (Phi) is 3.99. The summed E-state index contributed by atoms with van der Waals surface area (Å²) in [4.78, 5) is 25.6. The van der Waals surface area contributed by atoms with Gasteiger partial charge in [0.25, 0.3) is 0 Å². The minimum Gasteiger partial charge on any atom is -0.386 e. The number of aliphatic hydroxyl groups excluding tert-OH is 1. The van der Waals surface area contributed by atoms with E-state index in [1.807, 2.05) is 0 Å². The van der Waals surface area contributed by atoms with Crippen LogP contribution in [0.3, 0.4) is 0 Å². The van der Waals surface area contributed by atoms with Crippen LogP contribution in [0.15, 0.2) is 18.2 Å². The van der Waals surface area contributed by atoms with Gasteiger partial charge in [0.2, 0.25) is 0 Å². The first-order valence-corrected chi connectivity index (χ1v) is 6.08. The van der Waals surface area contributed by atoms with E-state index >= 15 is 0 Å². The Bertz CT molecular complexity index is 550.